The third kappa shape index (κ3) is 3.88. The summed E-state index contributed by atoms with van der Waals surface area (Å²) >= 11 is 0. The van der Waals surface area contributed by atoms with Gasteiger partial charge in [-0.3, -0.25) is 4.98 Å². The smallest absolute Gasteiger partial charge is 0.140 e. The highest BCUT2D eigenvalue weighted by atomic mass is 16.5. The molecule has 1 aliphatic heterocycles. The SMILES string of the molecule is CC1CCC(Oc2cncc(N3CCCC(N)C3)c2)CC1. The van der Waals surface area contributed by atoms with Gasteiger partial charge in [-0.25, -0.2) is 0 Å². The topological polar surface area (TPSA) is 51.4 Å². The highest BCUT2D eigenvalue weighted by Crippen LogP contribution is 2.29. The second kappa shape index (κ2) is 6.65. The number of aromatic nitrogens is 1. The maximum absolute atomic E-state index is 6.14. The van der Waals surface area contributed by atoms with Gasteiger partial charge in [-0.1, -0.05) is 6.92 Å². The van der Waals surface area contributed by atoms with Crippen molar-refractivity contribution in [1.82, 2.24) is 4.98 Å². The molecule has 1 unspecified atom stereocenters. The van der Waals surface area contributed by atoms with Crippen LogP contribution >= 0.6 is 0 Å². The summed E-state index contributed by atoms with van der Waals surface area (Å²) in [5, 5.41) is 0. The monoisotopic (exact) mass is 289 g/mol. The van der Waals surface area contributed by atoms with Crippen molar-refractivity contribution < 1.29 is 4.74 Å². The third-order valence-electron chi connectivity index (χ3n) is 4.79. The van der Waals surface area contributed by atoms with Crippen LogP contribution in [-0.4, -0.2) is 30.2 Å². The number of pyridine rings is 1. The maximum Gasteiger partial charge on any atom is 0.140 e. The van der Waals surface area contributed by atoms with E-state index in [9.17, 15) is 0 Å². The van der Waals surface area contributed by atoms with Crippen LogP contribution in [0.5, 0.6) is 5.75 Å². The molecule has 21 heavy (non-hydrogen) atoms. The number of nitrogens with two attached hydrogens (primary N) is 1. The quantitative estimate of drug-likeness (QED) is 0.929. The Labute approximate surface area is 127 Å². The fraction of sp³-hybridized carbons (Fsp3) is 0.706. The minimum Gasteiger partial charge on any atom is -0.489 e. The lowest BCUT2D eigenvalue weighted by Crippen LogP contribution is -2.42. The molecule has 2 heterocycles. The summed E-state index contributed by atoms with van der Waals surface area (Å²) in [6, 6.07) is 2.41. The first kappa shape index (κ1) is 14.6. The van der Waals surface area contributed by atoms with Crippen LogP contribution in [0.3, 0.4) is 0 Å². The van der Waals surface area contributed by atoms with Crippen molar-refractivity contribution in [2.75, 3.05) is 18.0 Å². The molecule has 2 fully saturated rings. The molecule has 4 heteroatoms. The Morgan fingerprint density at radius 3 is 2.76 bits per heavy atom. The molecule has 3 rings (SSSR count). The van der Waals surface area contributed by atoms with E-state index in [-0.39, 0.29) is 6.04 Å². The Hall–Kier alpha value is -1.29. The third-order valence-corrected chi connectivity index (χ3v) is 4.79. The molecule has 1 saturated carbocycles. The van der Waals surface area contributed by atoms with Crippen LogP contribution in [0.15, 0.2) is 18.5 Å². The van der Waals surface area contributed by atoms with Crippen molar-refractivity contribution >= 4 is 5.69 Å². The standard InChI is InChI=1S/C17H27N3O/c1-13-4-6-16(7-5-13)21-17-9-15(10-19-11-17)20-8-2-3-14(18)12-20/h9-11,13-14,16H,2-8,12,18H2,1H3. The Kier molecular flexibility index (Phi) is 4.63. The lowest BCUT2D eigenvalue weighted by molar-refractivity contribution is 0.135. The predicted octanol–water partition coefficient (Wildman–Crippen LogP) is 2.97. The van der Waals surface area contributed by atoms with E-state index in [0.717, 1.165) is 43.3 Å². The summed E-state index contributed by atoms with van der Waals surface area (Å²) in [7, 11) is 0. The summed E-state index contributed by atoms with van der Waals surface area (Å²) in [4.78, 5) is 6.69. The van der Waals surface area contributed by atoms with E-state index >= 15 is 0 Å². The first-order valence-electron chi connectivity index (χ1n) is 8.33. The summed E-state index contributed by atoms with van der Waals surface area (Å²) in [6.07, 6.45) is 11.3. The molecule has 1 aliphatic carbocycles. The Balaban J connectivity index is 1.63. The van der Waals surface area contributed by atoms with Crippen LogP contribution in [0.2, 0.25) is 0 Å². The molecule has 4 nitrogen and oxygen atoms in total. The summed E-state index contributed by atoms with van der Waals surface area (Å²) < 4.78 is 6.14. The molecule has 1 saturated heterocycles. The van der Waals surface area contributed by atoms with Gasteiger partial charge in [0.05, 0.1) is 24.2 Å². The Bertz CT molecular complexity index is 457. The average molecular weight is 289 g/mol. The molecule has 2 aliphatic rings. The molecule has 116 valence electrons. The van der Waals surface area contributed by atoms with Gasteiger partial charge in [-0.2, -0.15) is 0 Å². The van der Waals surface area contributed by atoms with Gasteiger partial charge in [0, 0.05) is 25.2 Å². The van der Waals surface area contributed by atoms with Crippen molar-refractivity contribution in [2.24, 2.45) is 11.7 Å². The van der Waals surface area contributed by atoms with Gasteiger partial charge >= 0.3 is 0 Å². The fourth-order valence-corrected chi connectivity index (χ4v) is 3.43. The van der Waals surface area contributed by atoms with Crippen molar-refractivity contribution in [3.05, 3.63) is 18.5 Å². The van der Waals surface area contributed by atoms with Crippen LogP contribution in [0.1, 0.15) is 45.4 Å². The van der Waals surface area contributed by atoms with E-state index < -0.39 is 0 Å². The van der Waals surface area contributed by atoms with E-state index in [4.69, 9.17) is 10.5 Å². The Morgan fingerprint density at radius 2 is 2.00 bits per heavy atom. The first-order valence-corrected chi connectivity index (χ1v) is 8.33. The van der Waals surface area contributed by atoms with E-state index in [1.54, 1.807) is 0 Å². The molecule has 0 radical (unpaired) electrons. The lowest BCUT2D eigenvalue weighted by atomic mass is 9.89. The van der Waals surface area contributed by atoms with Gasteiger partial charge in [0.1, 0.15) is 5.75 Å². The molecule has 0 amide bonds. The van der Waals surface area contributed by atoms with E-state index in [0.29, 0.717) is 6.10 Å². The molecule has 1 aromatic heterocycles. The van der Waals surface area contributed by atoms with Crippen LogP contribution in [-0.2, 0) is 0 Å². The van der Waals surface area contributed by atoms with Crippen molar-refractivity contribution in [3.8, 4) is 5.75 Å². The molecular formula is C17H27N3O. The van der Waals surface area contributed by atoms with Crippen molar-refractivity contribution in [3.63, 3.8) is 0 Å². The molecule has 2 N–H and O–H groups in total. The molecule has 0 spiro atoms. The first-order chi connectivity index (χ1) is 10.2. The zero-order valence-corrected chi connectivity index (χ0v) is 13.0. The number of anilines is 1. The number of rotatable bonds is 3. The number of hydrogen-bond acceptors (Lipinski definition) is 4. The normalized spacial score (nSPS) is 30.2. The maximum atomic E-state index is 6.14. The number of piperidine rings is 1. The predicted molar refractivity (Wildman–Crippen MR) is 85.7 cm³/mol. The number of nitrogens with zero attached hydrogens (tertiary/aromatic N) is 2. The average Bonchev–Trinajstić information content (AvgIpc) is 2.50. The Morgan fingerprint density at radius 1 is 1.19 bits per heavy atom. The van der Waals surface area contributed by atoms with Crippen molar-refractivity contribution in [2.45, 2.75) is 57.6 Å². The van der Waals surface area contributed by atoms with Gasteiger partial charge < -0.3 is 15.4 Å². The van der Waals surface area contributed by atoms with Crippen molar-refractivity contribution in [1.29, 1.82) is 0 Å². The largest absolute Gasteiger partial charge is 0.489 e. The van der Waals surface area contributed by atoms with Gasteiger partial charge in [-0.05, 0) is 44.4 Å². The van der Waals surface area contributed by atoms with Crippen LogP contribution in [0, 0.1) is 5.92 Å². The molecule has 0 bridgehead atoms. The van der Waals surface area contributed by atoms with Gasteiger partial charge in [-0.15, -0.1) is 0 Å². The minimum atomic E-state index is 0.281. The molecular weight excluding hydrogens is 262 g/mol. The van der Waals surface area contributed by atoms with E-state index in [1.165, 1.54) is 25.7 Å². The number of hydrogen-bond donors (Lipinski definition) is 1. The summed E-state index contributed by atoms with van der Waals surface area (Å²) in [5.74, 6) is 1.76. The molecule has 1 atom stereocenters. The number of ether oxygens (including phenoxy) is 1. The van der Waals surface area contributed by atoms with Crippen LogP contribution < -0.4 is 15.4 Å². The second-order valence-electron chi connectivity index (χ2n) is 6.73. The lowest BCUT2D eigenvalue weighted by Gasteiger charge is -2.32. The summed E-state index contributed by atoms with van der Waals surface area (Å²) in [5.41, 5.74) is 7.21. The zero-order chi connectivity index (χ0) is 14.7. The molecule has 1 aromatic rings. The highest BCUT2D eigenvalue weighted by Gasteiger charge is 2.21. The van der Waals surface area contributed by atoms with Gasteiger partial charge in [0.15, 0.2) is 0 Å². The summed E-state index contributed by atoms with van der Waals surface area (Å²) in [6.45, 7) is 4.32. The van der Waals surface area contributed by atoms with Gasteiger partial charge in [0.2, 0.25) is 0 Å². The van der Waals surface area contributed by atoms with Crippen LogP contribution in [0.25, 0.3) is 0 Å². The fourth-order valence-electron chi connectivity index (χ4n) is 3.43. The van der Waals surface area contributed by atoms with E-state index in [1.807, 2.05) is 12.4 Å². The minimum absolute atomic E-state index is 0.281. The van der Waals surface area contributed by atoms with Crippen LogP contribution in [0.4, 0.5) is 5.69 Å². The zero-order valence-electron chi connectivity index (χ0n) is 13.0. The second-order valence-corrected chi connectivity index (χ2v) is 6.73. The highest BCUT2D eigenvalue weighted by molar-refractivity contribution is 5.48. The van der Waals surface area contributed by atoms with Gasteiger partial charge in [0.25, 0.3) is 0 Å². The van der Waals surface area contributed by atoms with E-state index in [2.05, 4.69) is 22.9 Å². The molecule has 0 aromatic carbocycles.